The first-order valence-corrected chi connectivity index (χ1v) is 11.5. The monoisotopic (exact) mass is 462 g/mol. The first-order chi connectivity index (χ1) is 17.2. The van der Waals surface area contributed by atoms with Crippen molar-refractivity contribution in [1.82, 2.24) is 0 Å². The molecule has 162 valence electrons. The molecule has 0 unspecified atom stereocenters. The molecule has 0 bridgehead atoms. The zero-order chi connectivity index (χ0) is 24.2. The van der Waals surface area contributed by atoms with Gasteiger partial charge >= 0.3 is 0 Å². The van der Waals surface area contributed by atoms with Crippen molar-refractivity contribution in [3.63, 3.8) is 0 Å². The van der Waals surface area contributed by atoms with Crippen LogP contribution < -0.4 is 0 Å². The van der Waals surface area contributed by atoms with Crippen LogP contribution in [0.5, 0.6) is 0 Å². The predicted molar refractivity (Wildman–Crippen MR) is 148 cm³/mol. The highest BCUT2D eigenvalue weighted by molar-refractivity contribution is 6.30. The molecule has 0 atom stereocenters. The number of rotatable bonds is 2. The van der Waals surface area contributed by atoms with Gasteiger partial charge in [0.25, 0.3) is 0 Å². The van der Waals surface area contributed by atoms with E-state index >= 15 is 0 Å². The van der Waals surface area contributed by atoms with E-state index in [1.165, 1.54) is 0 Å². The first-order valence-electron chi connectivity index (χ1n) is 11.1. The SMILES string of the molecule is C#Cc1ccccc1-c1ccc(Cl)cc1C#Cc1c(-c2ccccc2C#C)ccc2ccccc12. The quantitative estimate of drug-likeness (QED) is 0.232. The van der Waals surface area contributed by atoms with Gasteiger partial charge in [0.1, 0.15) is 0 Å². The molecule has 0 nitrogen and oxygen atoms in total. The van der Waals surface area contributed by atoms with Gasteiger partial charge in [-0.25, -0.2) is 0 Å². The summed E-state index contributed by atoms with van der Waals surface area (Å²) >= 11 is 6.39. The summed E-state index contributed by atoms with van der Waals surface area (Å²) in [5.41, 5.74) is 7.25. The van der Waals surface area contributed by atoms with E-state index in [1.807, 2.05) is 78.9 Å². The Kier molecular flexibility index (Phi) is 6.12. The fourth-order valence-corrected chi connectivity index (χ4v) is 4.48. The van der Waals surface area contributed by atoms with Crippen LogP contribution in [0.2, 0.25) is 5.02 Å². The van der Waals surface area contributed by atoms with Crippen molar-refractivity contribution in [1.29, 1.82) is 0 Å². The van der Waals surface area contributed by atoms with Crippen LogP contribution in [0.1, 0.15) is 22.3 Å². The van der Waals surface area contributed by atoms with Crippen LogP contribution in [-0.4, -0.2) is 0 Å². The van der Waals surface area contributed by atoms with Crippen LogP contribution >= 0.6 is 11.6 Å². The average molecular weight is 463 g/mol. The lowest BCUT2D eigenvalue weighted by Gasteiger charge is -2.11. The Morgan fingerprint density at radius 2 is 1.09 bits per heavy atom. The smallest absolute Gasteiger partial charge is 0.0418 e. The van der Waals surface area contributed by atoms with Crippen LogP contribution in [0, 0.1) is 36.5 Å². The lowest BCUT2D eigenvalue weighted by molar-refractivity contribution is 1.55. The van der Waals surface area contributed by atoms with E-state index in [1.54, 1.807) is 0 Å². The Morgan fingerprint density at radius 1 is 0.514 bits per heavy atom. The number of halogens is 1. The van der Waals surface area contributed by atoms with Gasteiger partial charge in [0, 0.05) is 27.3 Å². The molecule has 0 spiro atoms. The number of benzene rings is 5. The van der Waals surface area contributed by atoms with Gasteiger partial charge in [-0.15, -0.1) is 12.8 Å². The van der Waals surface area contributed by atoms with Gasteiger partial charge in [0.2, 0.25) is 0 Å². The van der Waals surface area contributed by atoms with Gasteiger partial charge in [-0.05, 0) is 57.3 Å². The first kappa shape index (κ1) is 22.1. The molecule has 0 aromatic heterocycles. The van der Waals surface area contributed by atoms with E-state index in [0.29, 0.717) is 5.02 Å². The highest BCUT2D eigenvalue weighted by Crippen LogP contribution is 2.33. The Labute approximate surface area is 211 Å². The van der Waals surface area contributed by atoms with Crippen molar-refractivity contribution < 1.29 is 0 Å². The zero-order valence-corrected chi connectivity index (χ0v) is 19.6. The molecule has 0 saturated carbocycles. The van der Waals surface area contributed by atoms with E-state index < -0.39 is 0 Å². The summed E-state index contributed by atoms with van der Waals surface area (Å²) in [5.74, 6) is 12.5. The molecule has 0 heterocycles. The average Bonchev–Trinajstić information content (AvgIpc) is 2.91. The second-order valence-electron chi connectivity index (χ2n) is 8.03. The van der Waals surface area contributed by atoms with E-state index in [0.717, 1.165) is 55.3 Å². The van der Waals surface area contributed by atoms with Crippen LogP contribution in [0.4, 0.5) is 0 Å². The third-order valence-electron chi connectivity index (χ3n) is 5.98. The van der Waals surface area contributed by atoms with Crippen LogP contribution in [0.15, 0.2) is 103 Å². The summed E-state index contributed by atoms with van der Waals surface area (Å²) < 4.78 is 0. The summed E-state index contributed by atoms with van der Waals surface area (Å²) in [4.78, 5) is 0. The summed E-state index contributed by atoms with van der Waals surface area (Å²) in [7, 11) is 0. The number of terminal acetylenes is 2. The largest absolute Gasteiger partial charge is 0.115 e. The fraction of sp³-hybridized carbons (Fsp3) is 0. The molecule has 1 heteroatoms. The summed E-state index contributed by atoms with van der Waals surface area (Å²) in [6.07, 6.45) is 11.6. The van der Waals surface area contributed by atoms with E-state index in [-0.39, 0.29) is 0 Å². The Morgan fingerprint density at radius 3 is 1.80 bits per heavy atom. The molecule has 0 radical (unpaired) electrons. The van der Waals surface area contributed by atoms with Crippen LogP contribution in [0.3, 0.4) is 0 Å². The van der Waals surface area contributed by atoms with Gasteiger partial charge in [-0.2, -0.15) is 0 Å². The second-order valence-corrected chi connectivity index (χ2v) is 8.47. The molecule has 5 aromatic rings. The maximum Gasteiger partial charge on any atom is 0.0418 e. The second kappa shape index (κ2) is 9.67. The minimum atomic E-state index is 0.618. The van der Waals surface area contributed by atoms with Crippen molar-refractivity contribution in [2.45, 2.75) is 0 Å². The summed E-state index contributed by atoms with van der Waals surface area (Å²) in [6, 6.07) is 33.9. The van der Waals surface area contributed by atoms with E-state index in [4.69, 9.17) is 24.4 Å². The van der Waals surface area contributed by atoms with Gasteiger partial charge in [0.15, 0.2) is 0 Å². The number of hydrogen-bond donors (Lipinski definition) is 0. The summed E-state index contributed by atoms with van der Waals surface area (Å²) in [5, 5.41) is 2.80. The molecule has 5 aromatic carbocycles. The van der Waals surface area contributed by atoms with Crippen molar-refractivity contribution in [3.05, 3.63) is 130 Å². The van der Waals surface area contributed by atoms with Gasteiger partial charge < -0.3 is 0 Å². The van der Waals surface area contributed by atoms with Crippen molar-refractivity contribution in [2.24, 2.45) is 0 Å². The molecule has 0 aliphatic rings. The Hall–Kier alpha value is -4.67. The lowest BCUT2D eigenvalue weighted by atomic mass is 9.91. The maximum atomic E-state index is 6.39. The molecule has 0 aliphatic carbocycles. The number of hydrogen-bond acceptors (Lipinski definition) is 0. The molecular formula is C34H19Cl. The van der Waals surface area contributed by atoms with Crippen molar-refractivity contribution in [3.8, 4) is 58.8 Å². The van der Waals surface area contributed by atoms with E-state index in [2.05, 4.69) is 47.9 Å². The number of fused-ring (bicyclic) bond motifs is 1. The molecule has 0 saturated heterocycles. The molecule has 5 rings (SSSR count). The minimum absolute atomic E-state index is 0.618. The predicted octanol–water partition coefficient (Wildman–Crippen LogP) is 8.19. The molecule has 0 aliphatic heterocycles. The fourth-order valence-electron chi connectivity index (χ4n) is 4.30. The Balaban J connectivity index is 1.77. The molecular weight excluding hydrogens is 444 g/mol. The molecule has 0 N–H and O–H groups in total. The minimum Gasteiger partial charge on any atom is -0.115 e. The van der Waals surface area contributed by atoms with Gasteiger partial charge in [-0.3, -0.25) is 0 Å². The third kappa shape index (κ3) is 4.31. The zero-order valence-electron chi connectivity index (χ0n) is 18.8. The van der Waals surface area contributed by atoms with E-state index in [9.17, 15) is 0 Å². The third-order valence-corrected chi connectivity index (χ3v) is 6.21. The standard InChI is InChI=1S/C34H19Cl/c1-3-24-11-5-8-14-29(24)32-22-19-28(35)23-27(32)18-21-34-31-16-10-7-13-26(31)17-20-33(34)30-15-9-6-12-25(30)4-2/h1-2,5-17,19-20,22-23H. The topological polar surface area (TPSA) is 0 Å². The highest BCUT2D eigenvalue weighted by atomic mass is 35.5. The lowest BCUT2D eigenvalue weighted by Crippen LogP contribution is -1.92. The maximum absolute atomic E-state index is 6.39. The molecule has 0 fully saturated rings. The molecule has 0 amide bonds. The summed E-state index contributed by atoms with van der Waals surface area (Å²) in [6.45, 7) is 0. The van der Waals surface area contributed by atoms with Crippen LogP contribution in [-0.2, 0) is 0 Å². The highest BCUT2D eigenvalue weighted by Gasteiger charge is 2.12. The van der Waals surface area contributed by atoms with Gasteiger partial charge in [-0.1, -0.05) is 114 Å². The van der Waals surface area contributed by atoms with Crippen LogP contribution in [0.25, 0.3) is 33.0 Å². The Bertz CT molecular complexity index is 1730. The van der Waals surface area contributed by atoms with Crippen molar-refractivity contribution >= 4 is 22.4 Å². The van der Waals surface area contributed by atoms with Gasteiger partial charge in [0.05, 0.1) is 0 Å². The van der Waals surface area contributed by atoms with Crippen molar-refractivity contribution in [2.75, 3.05) is 0 Å². The molecule has 35 heavy (non-hydrogen) atoms. The normalized spacial score (nSPS) is 10.1.